The smallest absolute Gasteiger partial charge is 0.409 e. The predicted octanol–water partition coefficient (Wildman–Crippen LogP) is 3.68. The van der Waals surface area contributed by atoms with Gasteiger partial charge in [-0.05, 0) is 34.7 Å². The normalized spacial score (nSPS) is 18.0. The summed E-state index contributed by atoms with van der Waals surface area (Å²) in [6, 6.07) is 16.6. The van der Waals surface area contributed by atoms with Crippen molar-refractivity contribution < 1.29 is 9.53 Å². The van der Waals surface area contributed by atoms with Crippen LogP contribution in [0.4, 0.5) is 4.79 Å². The van der Waals surface area contributed by atoms with E-state index in [9.17, 15) is 4.79 Å². The average molecular weight is 400 g/mol. The number of fused-ring (bicyclic) bond motifs is 3. The summed E-state index contributed by atoms with van der Waals surface area (Å²) in [6.07, 6.45) is 3.32. The van der Waals surface area contributed by atoms with Gasteiger partial charge in [0.25, 0.3) is 0 Å². The van der Waals surface area contributed by atoms with Crippen LogP contribution in [0.1, 0.15) is 34.5 Å². The minimum absolute atomic E-state index is 0.0699. The quantitative estimate of drug-likeness (QED) is 0.726. The SMILES string of the molecule is Cc1cnc(C2CN(C(=O)OCC3c4ccccc4-c4ccccc43)CCN2)nc1. The van der Waals surface area contributed by atoms with Crippen LogP contribution in [0.25, 0.3) is 11.1 Å². The molecule has 2 aromatic carbocycles. The van der Waals surface area contributed by atoms with Crippen LogP contribution in [0.15, 0.2) is 60.9 Å². The van der Waals surface area contributed by atoms with E-state index >= 15 is 0 Å². The first-order chi connectivity index (χ1) is 14.7. The summed E-state index contributed by atoms with van der Waals surface area (Å²) < 4.78 is 5.80. The standard InChI is InChI=1S/C24H24N4O2/c1-16-12-26-23(27-13-16)22-14-28(11-10-25-22)24(29)30-15-21-19-8-4-2-6-17(19)18-7-3-5-9-20(18)21/h2-9,12-13,21-22,25H,10-11,14-15H2,1H3. The Hall–Kier alpha value is -3.25. The minimum Gasteiger partial charge on any atom is -0.448 e. The number of carbonyl (C=O) groups is 1. The molecule has 3 aromatic rings. The van der Waals surface area contributed by atoms with Gasteiger partial charge >= 0.3 is 6.09 Å². The monoisotopic (exact) mass is 400 g/mol. The maximum atomic E-state index is 12.8. The maximum Gasteiger partial charge on any atom is 0.409 e. The molecule has 2 heterocycles. The highest BCUT2D eigenvalue weighted by atomic mass is 16.6. The largest absolute Gasteiger partial charge is 0.448 e. The van der Waals surface area contributed by atoms with Crippen LogP contribution in [0, 0.1) is 6.92 Å². The van der Waals surface area contributed by atoms with Crippen molar-refractivity contribution in [3.63, 3.8) is 0 Å². The molecule has 1 N–H and O–H groups in total. The summed E-state index contributed by atoms with van der Waals surface area (Å²) >= 11 is 0. The zero-order valence-electron chi connectivity index (χ0n) is 16.9. The Morgan fingerprint density at radius 3 is 2.37 bits per heavy atom. The molecular formula is C24H24N4O2. The lowest BCUT2D eigenvalue weighted by Gasteiger charge is -2.32. The van der Waals surface area contributed by atoms with Crippen molar-refractivity contribution in [2.75, 3.05) is 26.2 Å². The van der Waals surface area contributed by atoms with Crippen LogP contribution in [-0.2, 0) is 4.74 Å². The van der Waals surface area contributed by atoms with Gasteiger partial charge in [0.15, 0.2) is 0 Å². The Labute approximate surface area is 175 Å². The predicted molar refractivity (Wildman–Crippen MR) is 114 cm³/mol. The number of rotatable bonds is 3. The molecular weight excluding hydrogens is 376 g/mol. The van der Waals surface area contributed by atoms with Gasteiger partial charge in [-0.15, -0.1) is 0 Å². The maximum absolute atomic E-state index is 12.8. The topological polar surface area (TPSA) is 67.4 Å². The number of aromatic nitrogens is 2. The van der Waals surface area contributed by atoms with Crippen LogP contribution in [0.2, 0.25) is 0 Å². The highest BCUT2D eigenvalue weighted by Crippen LogP contribution is 2.44. The number of hydrogen-bond donors (Lipinski definition) is 1. The molecule has 1 aromatic heterocycles. The van der Waals surface area contributed by atoms with Crippen molar-refractivity contribution in [1.29, 1.82) is 0 Å². The molecule has 1 fully saturated rings. The van der Waals surface area contributed by atoms with E-state index in [0.717, 1.165) is 5.56 Å². The van der Waals surface area contributed by atoms with E-state index in [4.69, 9.17) is 4.74 Å². The number of piperazine rings is 1. The van der Waals surface area contributed by atoms with Crippen LogP contribution in [-0.4, -0.2) is 47.2 Å². The minimum atomic E-state index is -0.282. The second-order valence-electron chi connectivity index (χ2n) is 7.88. The Morgan fingerprint density at radius 2 is 1.70 bits per heavy atom. The third-order valence-electron chi connectivity index (χ3n) is 5.88. The highest BCUT2D eigenvalue weighted by Gasteiger charge is 2.31. The summed E-state index contributed by atoms with van der Waals surface area (Å²) in [5.74, 6) is 0.775. The molecule has 6 heteroatoms. The Morgan fingerprint density at radius 1 is 1.07 bits per heavy atom. The Kier molecular flexibility index (Phi) is 4.93. The van der Waals surface area contributed by atoms with E-state index in [1.54, 1.807) is 17.3 Å². The molecule has 6 nitrogen and oxygen atoms in total. The van der Waals surface area contributed by atoms with E-state index < -0.39 is 0 Å². The second kappa shape index (κ2) is 7.88. The first-order valence-electron chi connectivity index (χ1n) is 10.3. The number of nitrogens with one attached hydrogen (secondary N) is 1. The lowest BCUT2D eigenvalue weighted by Crippen LogP contribution is -2.49. The van der Waals surface area contributed by atoms with E-state index in [2.05, 4.69) is 51.7 Å². The second-order valence-corrected chi connectivity index (χ2v) is 7.88. The van der Waals surface area contributed by atoms with Crippen LogP contribution in [0.3, 0.4) is 0 Å². The number of carbonyl (C=O) groups excluding carboxylic acids is 1. The summed E-state index contributed by atoms with van der Waals surface area (Å²) in [5.41, 5.74) is 5.92. The van der Waals surface area contributed by atoms with Crippen LogP contribution < -0.4 is 5.32 Å². The molecule has 0 radical (unpaired) electrons. The van der Waals surface area contributed by atoms with E-state index in [0.29, 0.717) is 32.1 Å². The molecule has 1 aliphatic heterocycles. The number of hydrogen-bond acceptors (Lipinski definition) is 5. The third-order valence-corrected chi connectivity index (χ3v) is 5.88. The lowest BCUT2D eigenvalue weighted by atomic mass is 9.98. The molecule has 0 saturated carbocycles. The van der Waals surface area contributed by atoms with Gasteiger partial charge < -0.3 is 15.0 Å². The van der Waals surface area contributed by atoms with E-state index in [-0.39, 0.29) is 18.1 Å². The zero-order chi connectivity index (χ0) is 20.5. The molecule has 2 aliphatic rings. The van der Waals surface area contributed by atoms with E-state index in [1.807, 2.05) is 19.1 Å². The first kappa shape index (κ1) is 18.8. The molecule has 0 spiro atoms. The van der Waals surface area contributed by atoms with Gasteiger partial charge in [-0.2, -0.15) is 0 Å². The Bertz CT molecular complexity index is 1020. The Balaban J connectivity index is 1.28. The molecule has 1 aliphatic carbocycles. The highest BCUT2D eigenvalue weighted by molar-refractivity contribution is 5.79. The fourth-order valence-corrected chi connectivity index (χ4v) is 4.36. The third kappa shape index (κ3) is 3.44. The van der Waals surface area contributed by atoms with Gasteiger partial charge in [0.1, 0.15) is 12.4 Å². The summed E-state index contributed by atoms with van der Waals surface area (Å²) in [4.78, 5) is 23.4. The van der Waals surface area contributed by atoms with Gasteiger partial charge in [-0.1, -0.05) is 48.5 Å². The van der Waals surface area contributed by atoms with Crippen LogP contribution >= 0.6 is 0 Å². The number of benzene rings is 2. The van der Waals surface area contributed by atoms with Crippen molar-refractivity contribution in [2.24, 2.45) is 0 Å². The van der Waals surface area contributed by atoms with Crippen molar-refractivity contribution in [3.05, 3.63) is 83.4 Å². The molecule has 152 valence electrons. The van der Waals surface area contributed by atoms with Gasteiger partial charge in [-0.25, -0.2) is 14.8 Å². The van der Waals surface area contributed by atoms with Crippen molar-refractivity contribution in [2.45, 2.75) is 18.9 Å². The van der Waals surface area contributed by atoms with Gasteiger partial charge in [0.05, 0.1) is 6.04 Å². The van der Waals surface area contributed by atoms with Crippen LogP contribution in [0.5, 0.6) is 0 Å². The number of aryl methyl sites for hydroxylation is 1. The lowest BCUT2D eigenvalue weighted by molar-refractivity contribution is 0.0876. The summed E-state index contributed by atoms with van der Waals surface area (Å²) in [5, 5.41) is 3.39. The molecule has 5 rings (SSSR count). The zero-order valence-corrected chi connectivity index (χ0v) is 16.9. The number of nitrogens with zero attached hydrogens (tertiary/aromatic N) is 3. The molecule has 1 saturated heterocycles. The van der Waals surface area contributed by atoms with Crippen molar-refractivity contribution in [1.82, 2.24) is 20.2 Å². The van der Waals surface area contributed by atoms with Crippen molar-refractivity contribution in [3.8, 4) is 11.1 Å². The molecule has 0 bridgehead atoms. The van der Waals surface area contributed by atoms with E-state index in [1.165, 1.54) is 22.3 Å². The number of amides is 1. The molecule has 1 atom stereocenters. The van der Waals surface area contributed by atoms with Gasteiger partial charge in [-0.3, -0.25) is 0 Å². The summed E-state index contributed by atoms with van der Waals surface area (Å²) in [7, 11) is 0. The number of ether oxygens (including phenoxy) is 1. The average Bonchev–Trinajstić information content (AvgIpc) is 3.12. The first-order valence-corrected chi connectivity index (χ1v) is 10.3. The summed E-state index contributed by atoms with van der Waals surface area (Å²) in [6.45, 7) is 4.09. The molecule has 1 unspecified atom stereocenters. The molecule has 1 amide bonds. The van der Waals surface area contributed by atoms with Gasteiger partial charge in [0.2, 0.25) is 0 Å². The molecule has 30 heavy (non-hydrogen) atoms. The van der Waals surface area contributed by atoms with Gasteiger partial charge in [0, 0.05) is 37.9 Å². The van der Waals surface area contributed by atoms with Crippen molar-refractivity contribution >= 4 is 6.09 Å². The fourth-order valence-electron chi connectivity index (χ4n) is 4.36. The fraction of sp³-hybridized carbons (Fsp3) is 0.292.